The SMILES string of the molecule is Cc1nnc(-c2ccc(C3=CCN(C(=O)CN4CC[C@]5(CCN(c6ccc7c(c6)C(c6ccc(OC(C)C)nc6)=NC7)C5=O)C4)CC3)cc2)o1. The van der Waals surface area contributed by atoms with Crippen molar-refractivity contribution < 1.29 is 18.7 Å². The molecule has 0 bridgehead atoms. The number of aryl methyl sites for hydroxylation is 1. The molecule has 4 aliphatic heterocycles. The zero-order chi connectivity index (χ0) is 34.4. The van der Waals surface area contributed by atoms with Crippen LogP contribution in [-0.4, -0.2) is 87.9 Å². The van der Waals surface area contributed by atoms with E-state index in [0.29, 0.717) is 56.9 Å². The monoisotopic (exact) mass is 671 g/mol. The third-order valence-corrected chi connectivity index (χ3v) is 10.3. The van der Waals surface area contributed by atoms with E-state index in [1.54, 1.807) is 13.1 Å². The Labute approximate surface area is 291 Å². The van der Waals surface area contributed by atoms with Crippen molar-refractivity contribution in [3.63, 3.8) is 0 Å². The van der Waals surface area contributed by atoms with Crippen molar-refractivity contribution in [1.29, 1.82) is 0 Å². The van der Waals surface area contributed by atoms with Crippen molar-refractivity contribution in [3.05, 3.63) is 95.0 Å². The topological polar surface area (TPSA) is 117 Å². The number of hydrogen-bond donors (Lipinski definition) is 0. The summed E-state index contributed by atoms with van der Waals surface area (Å²) in [6.45, 7) is 9.97. The van der Waals surface area contributed by atoms with Gasteiger partial charge in [-0.25, -0.2) is 4.98 Å². The molecule has 0 aliphatic carbocycles. The fourth-order valence-electron chi connectivity index (χ4n) is 7.65. The number of benzene rings is 2. The number of likely N-dealkylation sites (tertiary alicyclic amines) is 1. The molecule has 2 amide bonds. The lowest BCUT2D eigenvalue weighted by molar-refractivity contribution is -0.132. The fraction of sp³-hybridized carbons (Fsp3) is 0.385. The molecule has 1 spiro atoms. The highest BCUT2D eigenvalue weighted by Crippen LogP contribution is 2.43. The number of nitrogens with zero attached hydrogens (tertiary/aromatic N) is 7. The van der Waals surface area contributed by atoms with Gasteiger partial charge in [0, 0.05) is 67.7 Å². The summed E-state index contributed by atoms with van der Waals surface area (Å²) < 4.78 is 11.3. The largest absolute Gasteiger partial charge is 0.475 e. The van der Waals surface area contributed by atoms with E-state index in [1.165, 1.54) is 5.57 Å². The number of carbonyl (C=O) groups excluding carboxylic acids is 2. The first-order chi connectivity index (χ1) is 24.2. The molecule has 2 aromatic heterocycles. The molecule has 11 heteroatoms. The standard InChI is InChI=1S/C39H41N7O4/c1-25(2)49-34-11-9-31(22-40-34)36-33-20-32(10-8-30(33)21-41-36)46-19-15-39(38(46)48)14-18-44(24-39)23-35(47)45-16-12-28(13-17-45)27-4-6-29(7-5-27)37-43-42-26(3)50-37/h4-12,20,22,25H,13-19,21,23-24H2,1-3H3/t39-/m0/s1. The van der Waals surface area contributed by atoms with Gasteiger partial charge in [0.1, 0.15) is 0 Å². The molecule has 0 N–H and O–H groups in total. The molecular formula is C39H41N7O4. The van der Waals surface area contributed by atoms with Crippen LogP contribution in [-0.2, 0) is 16.1 Å². The van der Waals surface area contributed by atoms with Gasteiger partial charge in [-0.05, 0) is 86.7 Å². The van der Waals surface area contributed by atoms with E-state index in [0.717, 1.165) is 65.0 Å². The highest BCUT2D eigenvalue weighted by atomic mass is 16.5. The number of pyridine rings is 1. The molecule has 4 aliphatic rings. The van der Waals surface area contributed by atoms with Gasteiger partial charge in [-0.2, -0.15) is 0 Å². The Balaban J connectivity index is 0.876. The lowest BCUT2D eigenvalue weighted by Gasteiger charge is -2.29. The molecule has 1 atom stereocenters. The van der Waals surface area contributed by atoms with Crippen molar-refractivity contribution in [1.82, 2.24) is 25.0 Å². The maximum Gasteiger partial charge on any atom is 0.247 e. The quantitative estimate of drug-likeness (QED) is 0.247. The smallest absolute Gasteiger partial charge is 0.247 e. The van der Waals surface area contributed by atoms with E-state index in [4.69, 9.17) is 14.1 Å². The summed E-state index contributed by atoms with van der Waals surface area (Å²) in [5.41, 5.74) is 7.72. The summed E-state index contributed by atoms with van der Waals surface area (Å²) in [5, 5.41) is 8.01. The first kappa shape index (κ1) is 32.1. The highest BCUT2D eigenvalue weighted by molar-refractivity contribution is 6.16. The first-order valence-electron chi connectivity index (χ1n) is 17.5. The number of hydrogen-bond acceptors (Lipinski definition) is 9. The van der Waals surface area contributed by atoms with Crippen LogP contribution in [0.15, 0.2) is 76.3 Å². The van der Waals surface area contributed by atoms with E-state index in [2.05, 4.69) is 50.4 Å². The van der Waals surface area contributed by atoms with Crippen LogP contribution in [0.5, 0.6) is 5.88 Å². The summed E-state index contributed by atoms with van der Waals surface area (Å²) in [6, 6.07) is 18.2. The van der Waals surface area contributed by atoms with Crippen LogP contribution in [0.25, 0.3) is 17.0 Å². The van der Waals surface area contributed by atoms with Crippen molar-refractivity contribution >= 4 is 28.8 Å². The van der Waals surface area contributed by atoms with Crippen molar-refractivity contribution in [2.45, 2.75) is 52.7 Å². The molecule has 0 radical (unpaired) electrons. The van der Waals surface area contributed by atoms with E-state index < -0.39 is 5.41 Å². The van der Waals surface area contributed by atoms with Crippen LogP contribution in [0.2, 0.25) is 0 Å². The highest BCUT2D eigenvalue weighted by Gasteiger charge is 2.51. The van der Waals surface area contributed by atoms with Crippen LogP contribution in [0, 0.1) is 12.3 Å². The second-order valence-electron chi connectivity index (χ2n) is 14.0. The molecule has 2 fully saturated rings. The molecule has 50 heavy (non-hydrogen) atoms. The number of rotatable bonds is 8. The number of aromatic nitrogens is 3. The Morgan fingerprint density at radius 3 is 2.50 bits per heavy atom. The number of fused-ring (bicyclic) bond motifs is 1. The average Bonchev–Trinajstić information content (AvgIpc) is 3.92. The Kier molecular flexibility index (Phi) is 8.30. The predicted molar refractivity (Wildman–Crippen MR) is 190 cm³/mol. The Hall–Kier alpha value is -5.16. The number of aliphatic imine (C=N–C) groups is 1. The van der Waals surface area contributed by atoms with Crippen molar-refractivity contribution in [2.75, 3.05) is 44.2 Å². The molecule has 256 valence electrons. The van der Waals surface area contributed by atoms with E-state index in [1.807, 2.05) is 54.0 Å². The number of carbonyl (C=O) groups is 2. The number of amides is 2. The molecule has 8 rings (SSSR count). The minimum absolute atomic E-state index is 0.0562. The molecule has 6 heterocycles. The van der Waals surface area contributed by atoms with Crippen LogP contribution in [0.4, 0.5) is 5.69 Å². The number of ether oxygens (including phenoxy) is 1. The van der Waals surface area contributed by atoms with Crippen molar-refractivity contribution in [2.24, 2.45) is 10.4 Å². The molecule has 11 nitrogen and oxygen atoms in total. The molecule has 2 saturated heterocycles. The van der Waals surface area contributed by atoms with Gasteiger partial charge >= 0.3 is 0 Å². The van der Waals surface area contributed by atoms with Crippen LogP contribution < -0.4 is 9.64 Å². The molecular weight excluding hydrogens is 630 g/mol. The van der Waals surface area contributed by atoms with Gasteiger partial charge in [-0.15, -0.1) is 10.2 Å². The lowest BCUT2D eigenvalue weighted by Crippen LogP contribution is -2.43. The minimum Gasteiger partial charge on any atom is -0.475 e. The third kappa shape index (κ3) is 6.10. The second kappa shape index (κ2) is 12.9. The molecule has 0 saturated carbocycles. The van der Waals surface area contributed by atoms with E-state index in [-0.39, 0.29) is 17.9 Å². The van der Waals surface area contributed by atoms with Crippen LogP contribution in [0.3, 0.4) is 0 Å². The molecule has 2 aromatic carbocycles. The maximum atomic E-state index is 14.0. The Morgan fingerprint density at radius 1 is 0.980 bits per heavy atom. The average molecular weight is 672 g/mol. The summed E-state index contributed by atoms with van der Waals surface area (Å²) >= 11 is 0. The number of anilines is 1. The Bertz CT molecular complexity index is 2000. The van der Waals surface area contributed by atoms with Gasteiger partial charge in [-0.3, -0.25) is 19.5 Å². The fourth-order valence-corrected chi connectivity index (χ4v) is 7.65. The predicted octanol–water partition coefficient (Wildman–Crippen LogP) is 5.32. The van der Waals surface area contributed by atoms with Crippen LogP contribution in [0.1, 0.15) is 61.3 Å². The summed E-state index contributed by atoms with van der Waals surface area (Å²) in [6.07, 6.45) is 6.37. The molecule has 0 unspecified atom stereocenters. The van der Waals surface area contributed by atoms with Gasteiger partial charge in [0.05, 0.1) is 30.3 Å². The first-order valence-corrected chi connectivity index (χ1v) is 17.5. The third-order valence-electron chi connectivity index (χ3n) is 10.3. The maximum absolute atomic E-state index is 14.0. The zero-order valence-corrected chi connectivity index (χ0v) is 28.8. The van der Waals surface area contributed by atoms with Crippen LogP contribution >= 0.6 is 0 Å². The second-order valence-corrected chi connectivity index (χ2v) is 14.0. The summed E-state index contributed by atoms with van der Waals surface area (Å²) in [7, 11) is 0. The lowest BCUT2D eigenvalue weighted by atomic mass is 9.85. The van der Waals surface area contributed by atoms with Gasteiger partial charge in [0.2, 0.25) is 29.5 Å². The van der Waals surface area contributed by atoms with Gasteiger partial charge in [-0.1, -0.05) is 24.3 Å². The van der Waals surface area contributed by atoms with Gasteiger partial charge in [0.25, 0.3) is 0 Å². The van der Waals surface area contributed by atoms with E-state index in [9.17, 15) is 9.59 Å². The minimum atomic E-state index is -0.451. The zero-order valence-electron chi connectivity index (χ0n) is 28.8. The van der Waals surface area contributed by atoms with Gasteiger partial charge < -0.3 is 19.0 Å². The summed E-state index contributed by atoms with van der Waals surface area (Å²) in [4.78, 5) is 42.8. The summed E-state index contributed by atoms with van der Waals surface area (Å²) in [5.74, 6) is 1.92. The normalized spacial score (nSPS) is 20.5. The van der Waals surface area contributed by atoms with Crippen molar-refractivity contribution in [3.8, 4) is 17.3 Å². The Morgan fingerprint density at radius 2 is 1.78 bits per heavy atom. The van der Waals surface area contributed by atoms with E-state index >= 15 is 0 Å². The molecule has 4 aromatic rings. The van der Waals surface area contributed by atoms with Gasteiger partial charge in [0.15, 0.2) is 0 Å².